The molecule has 0 heterocycles. The first-order valence-electron chi connectivity index (χ1n) is 9.02. The van der Waals surface area contributed by atoms with Crippen molar-refractivity contribution in [3.05, 3.63) is 81.4 Å². The van der Waals surface area contributed by atoms with Gasteiger partial charge in [-0.2, -0.15) is 4.39 Å². The highest BCUT2D eigenvalue weighted by molar-refractivity contribution is 6.95. The Bertz CT molecular complexity index is 1230. The van der Waals surface area contributed by atoms with Crippen molar-refractivity contribution in [3.63, 3.8) is 0 Å². The molecular weight excluding hydrogens is 469 g/mol. The van der Waals surface area contributed by atoms with Crippen LogP contribution in [0.25, 0.3) is 0 Å². The predicted octanol–water partition coefficient (Wildman–Crippen LogP) is 4.22. The SMILES string of the molecule is COc1c(F)c(F)c(F)c(B(c2c(F)cc(F)c(C)c2F)c2c(F)cc(F)c(C)c2F)c1F. The lowest BCUT2D eigenvalue weighted by molar-refractivity contribution is 0.338. The van der Waals surface area contributed by atoms with Crippen LogP contribution in [0.3, 0.4) is 0 Å². The first kappa shape index (κ1) is 24.5. The maximum atomic E-state index is 15.1. The van der Waals surface area contributed by atoms with E-state index < -0.39 is 98.1 Å². The third kappa shape index (κ3) is 3.70. The van der Waals surface area contributed by atoms with Gasteiger partial charge in [0.25, 0.3) is 6.71 Å². The van der Waals surface area contributed by atoms with Crippen molar-refractivity contribution in [1.82, 2.24) is 0 Å². The topological polar surface area (TPSA) is 9.23 Å². The third-order valence-corrected chi connectivity index (χ3v) is 5.20. The fourth-order valence-corrected chi connectivity index (χ4v) is 3.44. The van der Waals surface area contributed by atoms with Crippen LogP contribution in [-0.2, 0) is 0 Å². The smallest absolute Gasteiger partial charge is 0.264 e. The number of ether oxygens (including phenoxy) is 1. The van der Waals surface area contributed by atoms with Crippen molar-refractivity contribution in [3.8, 4) is 5.75 Å². The first-order valence-corrected chi connectivity index (χ1v) is 9.02. The standard InChI is InChI=1S/C21H11BF10O/c1-6-8(23)4-10(25)12(15(6)27)22(13-11(26)5-9(24)7(2)16(13)28)14-17(29)19(31)20(32)21(33-3)18(14)30/h4-5H,1-3H3. The molecule has 12 heteroatoms. The molecule has 0 amide bonds. The van der Waals surface area contributed by atoms with Crippen molar-refractivity contribution in [2.45, 2.75) is 13.8 Å². The Morgan fingerprint density at radius 2 is 0.939 bits per heavy atom. The minimum absolute atomic E-state index is 0.0693. The van der Waals surface area contributed by atoms with Gasteiger partial charge >= 0.3 is 0 Å². The van der Waals surface area contributed by atoms with E-state index in [1.54, 1.807) is 0 Å². The lowest BCUT2D eigenvalue weighted by Gasteiger charge is -2.22. The summed E-state index contributed by atoms with van der Waals surface area (Å²) in [6.45, 7) is -1.26. The summed E-state index contributed by atoms with van der Waals surface area (Å²) in [7, 11) is 0.643. The second-order valence-corrected chi connectivity index (χ2v) is 7.02. The molecule has 0 aliphatic carbocycles. The quantitative estimate of drug-likeness (QED) is 0.235. The summed E-state index contributed by atoms with van der Waals surface area (Å²) in [5, 5.41) is 0. The summed E-state index contributed by atoms with van der Waals surface area (Å²) in [6, 6.07) is 0.139. The van der Waals surface area contributed by atoms with Gasteiger partial charge in [0.2, 0.25) is 5.82 Å². The van der Waals surface area contributed by atoms with Gasteiger partial charge in [0.05, 0.1) is 7.11 Å². The highest BCUT2D eigenvalue weighted by Gasteiger charge is 2.42. The Hall–Kier alpha value is -3.18. The molecule has 0 bridgehead atoms. The summed E-state index contributed by atoms with van der Waals surface area (Å²) in [6.07, 6.45) is 0. The minimum Gasteiger partial charge on any atom is -0.491 e. The molecule has 0 N–H and O–H groups in total. The van der Waals surface area contributed by atoms with Crippen molar-refractivity contribution >= 4 is 23.1 Å². The normalized spacial score (nSPS) is 11.2. The van der Waals surface area contributed by atoms with Gasteiger partial charge < -0.3 is 4.74 Å². The average Bonchev–Trinajstić information content (AvgIpc) is 2.74. The maximum Gasteiger partial charge on any atom is 0.264 e. The van der Waals surface area contributed by atoms with Crippen molar-refractivity contribution < 1.29 is 48.6 Å². The number of hydrogen-bond acceptors (Lipinski definition) is 1. The lowest BCUT2D eigenvalue weighted by Crippen LogP contribution is -2.59. The molecule has 3 rings (SSSR count). The molecule has 0 saturated heterocycles. The summed E-state index contributed by atoms with van der Waals surface area (Å²) in [5.74, 6) is -20.8. The summed E-state index contributed by atoms with van der Waals surface area (Å²) in [5.41, 5.74) is -6.57. The van der Waals surface area contributed by atoms with Gasteiger partial charge in [0.15, 0.2) is 23.2 Å². The van der Waals surface area contributed by atoms with Crippen molar-refractivity contribution in [1.29, 1.82) is 0 Å². The van der Waals surface area contributed by atoms with Gasteiger partial charge in [-0.25, -0.2) is 39.5 Å². The monoisotopic (exact) mass is 480 g/mol. The van der Waals surface area contributed by atoms with E-state index in [1.165, 1.54) is 0 Å². The molecule has 0 aliphatic heterocycles. The molecule has 0 radical (unpaired) electrons. The Kier molecular flexibility index (Phi) is 6.41. The molecule has 0 aliphatic rings. The number of hydrogen-bond donors (Lipinski definition) is 0. The van der Waals surface area contributed by atoms with E-state index in [0.29, 0.717) is 7.11 Å². The second-order valence-electron chi connectivity index (χ2n) is 7.02. The van der Waals surface area contributed by atoms with E-state index >= 15 is 4.39 Å². The molecule has 0 aromatic heterocycles. The highest BCUT2D eigenvalue weighted by atomic mass is 19.2. The van der Waals surface area contributed by atoms with Gasteiger partial charge in [-0.3, -0.25) is 0 Å². The Morgan fingerprint density at radius 1 is 0.515 bits per heavy atom. The molecular formula is C21H11BF10O. The third-order valence-electron chi connectivity index (χ3n) is 5.20. The molecule has 3 aromatic carbocycles. The average molecular weight is 480 g/mol. The molecule has 3 aromatic rings. The van der Waals surface area contributed by atoms with E-state index in [9.17, 15) is 39.5 Å². The van der Waals surface area contributed by atoms with E-state index in [1.807, 2.05) is 0 Å². The maximum absolute atomic E-state index is 15.1. The summed E-state index contributed by atoms with van der Waals surface area (Å²) < 4.78 is 149. The zero-order valence-corrected chi connectivity index (χ0v) is 16.9. The largest absolute Gasteiger partial charge is 0.491 e. The molecule has 0 fully saturated rings. The minimum atomic E-state index is -2.83. The Labute approximate surface area is 180 Å². The van der Waals surface area contributed by atoms with Crippen LogP contribution in [-0.4, -0.2) is 13.8 Å². The molecule has 1 nitrogen and oxygen atoms in total. The van der Waals surface area contributed by atoms with Crippen LogP contribution in [0.2, 0.25) is 0 Å². The lowest BCUT2D eigenvalue weighted by atomic mass is 9.35. The Morgan fingerprint density at radius 3 is 1.33 bits per heavy atom. The van der Waals surface area contributed by atoms with Crippen LogP contribution >= 0.6 is 0 Å². The van der Waals surface area contributed by atoms with Gasteiger partial charge in [0.1, 0.15) is 34.9 Å². The highest BCUT2D eigenvalue weighted by Crippen LogP contribution is 2.26. The van der Waals surface area contributed by atoms with Crippen LogP contribution in [0.1, 0.15) is 11.1 Å². The number of benzene rings is 3. The van der Waals surface area contributed by atoms with Gasteiger partial charge in [0, 0.05) is 39.6 Å². The van der Waals surface area contributed by atoms with E-state index in [4.69, 9.17) is 0 Å². The van der Waals surface area contributed by atoms with E-state index in [-0.39, 0.29) is 12.1 Å². The van der Waals surface area contributed by atoms with Crippen LogP contribution in [0.5, 0.6) is 5.75 Å². The summed E-state index contributed by atoms with van der Waals surface area (Å²) >= 11 is 0. The van der Waals surface area contributed by atoms with Crippen LogP contribution < -0.4 is 21.1 Å². The zero-order valence-electron chi connectivity index (χ0n) is 16.9. The molecule has 0 unspecified atom stereocenters. The van der Waals surface area contributed by atoms with Crippen LogP contribution in [0.4, 0.5) is 43.9 Å². The van der Waals surface area contributed by atoms with E-state index in [2.05, 4.69) is 4.74 Å². The van der Waals surface area contributed by atoms with Crippen LogP contribution in [0, 0.1) is 72.0 Å². The summed E-state index contributed by atoms with van der Waals surface area (Å²) in [4.78, 5) is 0. The van der Waals surface area contributed by atoms with Crippen molar-refractivity contribution in [2.24, 2.45) is 0 Å². The molecule has 0 atom stereocenters. The number of rotatable bonds is 4. The van der Waals surface area contributed by atoms with Gasteiger partial charge in [-0.1, -0.05) is 0 Å². The molecule has 33 heavy (non-hydrogen) atoms. The van der Waals surface area contributed by atoms with Gasteiger partial charge in [-0.05, 0) is 13.8 Å². The molecule has 174 valence electrons. The first-order chi connectivity index (χ1) is 15.3. The molecule has 0 saturated carbocycles. The van der Waals surface area contributed by atoms with E-state index in [0.717, 1.165) is 13.8 Å². The second kappa shape index (κ2) is 8.64. The fourth-order valence-electron chi connectivity index (χ4n) is 3.44. The number of methoxy groups -OCH3 is 1. The number of halogens is 10. The van der Waals surface area contributed by atoms with Crippen molar-refractivity contribution in [2.75, 3.05) is 7.11 Å². The fraction of sp³-hybridized carbons (Fsp3) is 0.143. The zero-order chi connectivity index (χ0) is 24.9. The van der Waals surface area contributed by atoms with Gasteiger partial charge in [-0.15, -0.1) is 0 Å². The van der Waals surface area contributed by atoms with Crippen LogP contribution in [0.15, 0.2) is 12.1 Å². The molecule has 0 spiro atoms. The Balaban J connectivity index is 2.61. The predicted molar refractivity (Wildman–Crippen MR) is 99.6 cm³/mol.